The van der Waals surface area contributed by atoms with Crippen molar-refractivity contribution in [3.05, 3.63) is 64.7 Å². The van der Waals surface area contributed by atoms with Gasteiger partial charge in [-0.3, -0.25) is 14.4 Å². The lowest BCUT2D eigenvalue weighted by Crippen LogP contribution is -2.47. The van der Waals surface area contributed by atoms with Crippen LogP contribution in [0.2, 0.25) is 0 Å². The maximum Gasteiger partial charge on any atom is 0.256 e. The first-order valence-electron chi connectivity index (χ1n) is 9.21. The minimum Gasteiger partial charge on any atom is -0.398 e. The van der Waals surface area contributed by atoms with Gasteiger partial charge in [0.05, 0.1) is 11.6 Å². The molecule has 1 amide bonds. The van der Waals surface area contributed by atoms with Gasteiger partial charge in [-0.1, -0.05) is 30.3 Å². The molecule has 2 aromatic rings. The van der Waals surface area contributed by atoms with Crippen LogP contribution >= 0.6 is 0 Å². The summed E-state index contributed by atoms with van der Waals surface area (Å²) >= 11 is 0. The molecule has 3 rings (SSSR count). The fraction of sp³-hybridized carbons (Fsp3) is 0.318. The molecule has 1 atom stereocenters. The third-order valence-corrected chi connectivity index (χ3v) is 5.14. The maximum absolute atomic E-state index is 13.0. The summed E-state index contributed by atoms with van der Waals surface area (Å²) in [6.07, 6.45) is 2.50. The number of likely N-dealkylation sites (tertiary alicyclic amines) is 1. The van der Waals surface area contributed by atoms with Crippen LogP contribution in [0, 0.1) is 6.92 Å². The van der Waals surface area contributed by atoms with Gasteiger partial charge in [-0.2, -0.15) is 0 Å². The second kappa shape index (κ2) is 7.74. The van der Waals surface area contributed by atoms with Gasteiger partial charge in [0.25, 0.3) is 5.91 Å². The van der Waals surface area contributed by atoms with Crippen molar-refractivity contribution in [3.63, 3.8) is 0 Å². The molecule has 5 nitrogen and oxygen atoms in total. The van der Waals surface area contributed by atoms with E-state index < -0.39 is 6.04 Å². The lowest BCUT2D eigenvalue weighted by atomic mass is 9.94. The highest BCUT2D eigenvalue weighted by atomic mass is 16.2. The van der Waals surface area contributed by atoms with E-state index in [0.717, 1.165) is 12.8 Å². The van der Waals surface area contributed by atoms with E-state index >= 15 is 0 Å². The van der Waals surface area contributed by atoms with Crippen molar-refractivity contribution in [1.82, 2.24) is 4.90 Å². The number of benzene rings is 2. The van der Waals surface area contributed by atoms with Gasteiger partial charge in [0, 0.05) is 23.4 Å². The highest BCUT2D eigenvalue weighted by Crippen LogP contribution is 2.26. The topological polar surface area (TPSA) is 80.5 Å². The Bertz CT molecular complexity index is 890. The van der Waals surface area contributed by atoms with E-state index in [1.165, 1.54) is 6.92 Å². The molecule has 27 heavy (non-hydrogen) atoms. The van der Waals surface area contributed by atoms with Crippen LogP contribution in [0.4, 0.5) is 5.69 Å². The Hall–Kier alpha value is -2.95. The number of hydrogen-bond donors (Lipinski definition) is 1. The number of rotatable bonds is 4. The largest absolute Gasteiger partial charge is 0.398 e. The summed E-state index contributed by atoms with van der Waals surface area (Å²) in [7, 11) is 0. The van der Waals surface area contributed by atoms with E-state index in [0.29, 0.717) is 35.2 Å². The van der Waals surface area contributed by atoms with Crippen LogP contribution in [0.15, 0.2) is 42.5 Å². The van der Waals surface area contributed by atoms with Crippen LogP contribution in [-0.4, -0.2) is 35.0 Å². The Morgan fingerprint density at radius 3 is 2.41 bits per heavy atom. The molecule has 140 valence electrons. The molecule has 1 saturated heterocycles. The van der Waals surface area contributed by atoms with Gasteiger partial charge in [0.1, 0.15) is 0 Å². The number of anilines is 1. The van der Waals surface area contributed by atoms with Crippen LogP contribution in [0.3, 0.4) is 0 Å². The molecule has 1 fully saturated rings. The molecule has 0 radical (unpaired) electrons. The van der Waals surface area contributed by atoms with Crippen molar-refractivity contribution < 1.29 is 14.4 Å². The summed E-state index contributed by atoms with van der Waals surface area (Å²) in [4.78, 5) is 39.3. The number of nitrogen functional groups attached to an aromatic ring is 1. The number of nitrogens with two attached hydrogens (primary N) is 1. The Morgan fingerprint density at radius 2 is 1.74 bits per heavy atom. The highest BCUT2D eigenvalue weighted by Gasteiger charge is 2.31. The number of ketones is 2. The van der Waals surface area contributed by atoms with Crippen LogP contribution in [0.5, 0.6) is 0 Å². The summed E-state index contributed by atoms with van der Waals surface area (Å²) in [5, 5.41) is 0. The molecule has 1 aliphatic rings. The van der Waals surface area contributed by atoms with Gasteiger partial charge >= 0.3 is 0 Å². The Balaban J connectivity index is 1.94. The molecule has 0 unspecified atom stereocenters. The van der Waals surface area contributed by atoms with Crippen LogP contribution in [-0.2, 0) is 4.79 Å². The van der Waals surface area contributed by atoms with Crippen molar-refractivity contribution in [2.75, 3.05) is 12.3 Å². The minimum absolute atomic E-state index is 0.00535. The van der Waals surface area contributed by atoms with Crippen LogP contribution < -0.4 is 5.73 Å². The van der Waals surface area contributed by atoms with Gasteiger partial charge in [-0.15, -0.1) is 0 Å². The fourth-order valence-electron chi connectivity index (χ4n) is 3.65. The van der Waals surface area contributed by atoms with E-state index in [2.05, 4.69) is 0 Å². The van der Waals surface area contributed by atoms with Gasteiger partial charge in [0.15, 0.2) is 11.6 Å². The molecule has 0 aromatic heterocycles. The molecule has 1 aliphatic heterocycles. The Morgan fingerprint density at radius 1 is 1.04 bits per heavy atom. The molecule has 0 saturated carbocycles. The molecular formula is C22H24N2O3. The third-order valence-electron chi connectivity index (χ3n) is 5.14. The van der Waals surface area contributed by atoms with Gasteiger partial charge < -0.3 is 10.6 Å². The summed E-state index contributed by atoms with van der Waals surface area (Å²) in [5.41, 5.74) is 8.52. The summed E-state index contributed by atoms with van der Waals surface area (Å²) in [6.45, 7) is 3.86. The van der Waals surface area contributed by atoms with E-state index in [-0.39, 0.29) is 23.2 Å². The maximum atomic E-state index is 13.0. The van der Waals surface area contributed by atoms with Crippen LogP contribution in [0.25, 0.3) is 0 Å². The first kappa shape index (κ1) is 18.8. The van der Waals surface area contributed by atoms with E-state index in [9.17, 15) is 14.4 Å². The molecule has 1 heterocycles. The molecule has 5 heteroatoms. The predicted molar refractivity (Wildman–Crippen MR) is 105 cm³/mol. The molecule has 0 spiro atoms. The number of aryl methyl sites for hydroxylation is 1. The van der Waals surface area contributed by atoms with Gasteiger partial charge in [0.2, 0.25) is 0 Å². The first-order chi connectivity index (χ1) is 12.9. The smallest absolute Gasteiger partial charge is 0.256 e. The van der Waals surface area contributed by atoms with Crippen molar-refractivity contribution in [1.29, 1.82) is 0 Å². The SMILES string of the molecule is CC(=O)[C@H]1CCCCN1C(=O)c1cc(C)c(C(=O)c2ccccc2)cc1N. The molecule has 2 aromatic carbocycles. The Kier molecular flexibility index (Phi) is 5.40. The molecule has 2 N–H and O–H groups in total. The molecular weight excluding hydrogens is 340 g/mol. The zero-order chi connectivity index (χ0) is 19.6. The standard InChI is InChI=1S/C22H24N2O3/c1-14-12-18(22(27)24-11-7-6-10-20(24)15(2)25)19(23)13-17(14)21(26)16-8-4-3-5-9-16/h3-5,8-9,12-13,20H,6-7,10-11,23H2,1-2H3/t20-/m1/s1. The van der Waals surface area contributed by atoms with Gasteiger partial charge in [-0.05, 0) is 50.8 Å². The Labute approximate surface area is 159 Å². The summed E-state index contributed by atoms with van der Waals surface area (Å²) < 4.78 is 0. The lowest BCUT2D eigenvalue weighted by molar-refractivity contribution is -0.122. The highest BCUT2D eigenvalue weighted by molar-refractivity contribution is 6.11. The quantitative estimate of drug-likeness (QED) is 0.666. The van der Waals surface area contributed by atoms with Gasteiger partial charge in [-0.25, -0.2) is 0 Å². The second-order valence-corrected chi connectivity index (χ2v) is 7.07. The number of carbonyl (C=O) groups is 3. The zero-order valence-corrected chi connectivity index (χ0v) is 15.7. The number of nitrogens with zero attached hydrogens (tertiary/aromatic N) is 1. The summed E-state index contributed by atoms with van der Waals surface area (Å²) in [5.74, 6) is -0.373. The first-order valence-corrected chi connectivity index (χ1v) is 9.21. The number of amides is 1. The lowest BCUT2D eigenvalue weighted by Gasteiger charge is -2.34. The predicted octanol–water partition coefficient (Wildman–Crippen LogP) is 3.39. The number of hydrogen-bond acceptors (Lipinski definition) is 4. The average Bonchev–Trinajstić information content (AvgIpc) is 2.69. The second-order valence-electron chi connectivity index (χ2n) is 7.07. The van der Waals surface area contributed by atoms with E-state index in [4.69, 9.17) is 5.73 Å². The van der Waals surface area contributed by atoms with Crippen molar-refractivity contribution >= 4 is 23.2 Å². The van der Waals surface area contributed by atoms with E-state index in [1.54, 1.807) is 36.1 Å². The number of carbonyl (C=O) groups excluding carboxylic acids is 3. The molecule has 0 aliphatic carbocycles. The molecule has 0 bridgehead atoms. The normalized spacial score (nSPS) is 16.8. The monoisotopic (exact) mass is 364 g/mol. The van der Waals surface area contributed by atoms with Crippen molar-refractivity contribution in [2.24, 2.45) is 0 Å². The fourth-order valence-corrected chi connectivity index (χ4v) is 3.65. The minimum atomic E-state index is -0.392. The third kappa shape index (κ3) is 3.77. The van der Waals surface area contributed by atoms with Crippen LogP contribution in [0.1, 0.15) is 58.0 Å². The average molecular weight is 364 g/mol. The van der Waals surface area contributed by atoms with E-state index in [1.807, 2.05) is 18.2 Å². The van der Waals surface area contributed by atoms with Crippen molar-refractivity contribution in [3.8, 4) is 0 Å². The zero-order valence-electron chi connectivity index (χ0n) is 15.7. The summed E-state index contributed by atoms with van der Waals surface area (Å²) in [6, 6.07) is 11.8. The number of piperidine rings is 1. The van der Waals surface area contributed by atoms with Crippen molar-refractivity contribution in [2.45, 2.75) is 39.2 Å². The number of Topliss-reactive ketones (excluding diaryl/α,β-unsaturated/α-hetero) is 1.